The Bertz CT molecular complexity index is 493. The van der Waals surface area contributed by atoms with E-state index in [4.69, 9.17) is 5.11 Å². The number of nitrogens with one attached hydrogen (secondary N) is 1. The topological polar surface area (TPSA) is 84.2 Å². The summed E-state index contributed by atoms with van der Waals surface area (Å²) in [6, 6.07) is 0.0787. The first-order valence-corrected chi connectivity index (χ1v) is 5.10. The number of carbonyl (C=O) groups is 1. The molecule has 0 aliphatic carbocycles. The van der Waals surface area contributed by atoms with Gasteiger partial charge in [-0.05, 0) is 5.92 Å². The van der Waals surface area contributed by atoms with E-state index in [1.54, 1.807) is 0 Å². The van der Waals surface area contributed by atoms with Gasteiger partial charge in [0.1, 0.15) is 11.4 Å². The third-order valence-corrected chi connectivity index (χ3v) is 2.80. The Morgan fingerprint density at radius 1 is 1.69 bits per heavy atom. The molecular weight excluding hydrogens is 210 g/mol. The van der Waals surface area contributed by atoms with Crippen LogP contribution in [0.15, 0.2) is 11.0 Å². The van der Waals surface area contributed by atoms with Crippen LogP contribution in [0, 0.1) is 5.92 Å². The molecule has 0 aromatic carbocycles. The van der Waals surface area contributed by atoms with Crippen LogP contribution in [0.1, 0.15) is 24.2 Å². The van der Waals surface area contributed by atoms with Gasteiger partial charge in [-0.1, -0.05) is 13.8 Å². The highest BCUT2D eigenvalue weighted by atomic mass is 16.4. The average Bonchev–Trinajstić information content (AvgIpc) is 2.62. The summed E-state index contributed by atoms with van der Waals surface area (Å²) in [6.07, 6.45) is 1.10. The molecule has 0 unspecified atom stereocenters. The summed E-state index contributed by atoms with van der Waals surface area (Å²) in [6.45, 7) is 4.50. The fraction of sp³-hybridized carbons (Fsp3) is 0.500. The van der Waals surface area contributed by atoms with E-state index < -0.39 is 11.7 Å². The van der Waals surface area contributed by atoms with E-state index in [-0.39, 0.29) is 11.6 Å². The van der Waals surface area contributed by atoms with Crippen molar-refractivity contribution >= 4 is 11.8 Å². The zero-order chi connectivity index (χ0) is 11.9. The van der Waals surface area contributed by atoms with Gasteiger partial charge in [0.2, 0.25) is 0 Å². The van der Waals surface area contributed by atoms with Crippen LogP contribution in [-0.4, -0.2) is 26.7 Å². The second-order valence-corrected chi connectivity index (χ2v) is 4.21. The van der Waals surface area contributed by atoms with Crippen molar-refractivity contribution in [1.82, 2.24) is 9.55 Å². The van der Waals surface area contributed by atoms with Crippen LogP contribution in [0.4, 0.5) is 5.82 Å². The highest BCUT2D eigenvalue weighted by Gasteiger charge is 2.28. The molecule has 16 heavy (non-hydrogen) atoms. The maximum Gasteiger partial charge on any atom is 0.349 e. The summed E-state index contributed by atoms with van der Waals surface area (Å²) < 4.78 is 1.38. The summed E-state index contributed by atoms with van der Waals surface area (Å²) >= 11 is 0. The van der Waals surface area contributed by atoms with Crippen molar-refractivity contribution in [3.8, 4) is 0 Å². The van der Waals surface area contributed by atoms with Crippen molar-refractivity contribution in [2.45, 2.75) is 26.4 Å². The van der Waals surface area contributed by atoms with Gasteiger partial charge in [0, 0.05) is 12.6 Å². The largest absolute Gasteiger partial charge is 0.478 e. The van der Waals surface area contributed by atoms with Gasteiger partial charge in [0.25, 0.3) is 0 Å². The monoisotopic (exact) mass is 223 g/mol. The lowest BCUT2D eigenvalue weighted by molar-refractivity contribution is 0.0697. The molecule has 0 bridgehead atoms. The third kappa shape index (κ3) is 1.56. The molecule has 2 heterocycles. The summed E-state index contributed by atoms with van der Waals surface area (Å²) in [5, 5.41) is 12.0. The Labute approximate surface area is 91.9 Å². The fourth-order valence-electron chi connectivity index (χ4n) is 1.77. The molecule has 1 atom stereocenters. The van der Waals surface area contributed by atoms with Gasteiger partial charge in [-0.2, -0.15) is 0 Å². The molecule has 6 nitrogen and oxygen atoms in total. The van der Waals surface area contributed by atoms with Crippen LogP contribution in [0.2, 0.25) is 0 Å². The van der Waals surface area contributed by atoms with E-state index in [9.17, 15) is 9.59 Å². The third-order valence-electron chi connectivity index (χ3n) is 2.80. The Morgan fingerprint density at radius 3 is 2.94 bits per heavy atom. The molecule has 0 radical (unpaired) electrons. The molecule has 1 aromatic rings. The molecule has 1 aliphatic rings. The van der Waals surface area contributed by atoms with Gasteiger partial charge in [-0.3, -0.25) is 4.57 Å². The number of carboxylic acids is 1. The van der Waals surface area contributed by atoms with Crippen molar-refractivity contribution in [2.24, 2.45) is 5.92 Å². The standard InChI is InChI=1S/C10H13N3O3/c1-5(2)7-4-13-8(12-7)6(9(14)15)3-11-10(13)16/h3,5,7,12H,4H2,1-2H3,(H,14,15)/t7-/m1/s1. The summed E-state index contributed by atoms with van der Waals surface area (Å²) in [5.41, 5.74) is -0.363. The highest BCUT2D eigenvalue weighted by Crippen LogP contribution is 2.23. The van der Waals surface area contributed by atoms with Gasteiger partial charge >= 0.3 is 11.7 Å². The number of hydrogen-bond donors (Lipinski definition) is 2. The molecule has 6 heteroatoms. The predicted molar refractivity (Wildman–Crippen MR) is 57.7 cm³/mol. The minimum atomic E-state index is -1.08. The minimum Gasteiger partial charge on any atom is -0.478 e. The van der Waals surface area contributed by atoms with Crippen LogP contribution in [-0.2, 0) is 6.54 Å². The van der Waals surface area contributed by atoms with Gasteiger partial charge in [-0.15, -0.1) is 0 Å². The lowest BCUT2D eigenvalue weighted by Crippen LogP contribution is -2.25. The first-order valence-electron chi connectivity index (χ1n) is 5.10. The molecule has 2 N–H and O–H groups in total. The number of aromatic carboxylic acids is 1. The van der Waals surface area contributed by atoms with E-state index in [0.29, 0.717) is 18.3 Å². The molecule has 0 fully saturated rings. The maximum atomic E-state index is 11.5. The zero-order valence-electron chi connectivity index (χ0n) is 9.10. The van der Waals surface area contributed by atoms with Crippen molar-refractivity contribution in [3.63, 3.8) is 0 Å². The lowest BCUT2D eigenvalue weighted by Gasteiger charge is -2.13. The summed E-state index contributed by atoms with van der Waals surface area (Å²) in [7, 11) is 0. The van der Waals surface area contributed by atoms with Gasteiger partial charge in [0.05, 0.1) is 6.20 Å². The van der Waals surface area contributed by atoms with E-state index in [0.717, 1.165) is 6.20 Å². The molecule has 86 valence electrons. The Hall–Kier alpha value is -1.85. The quantitative estimate of drug-likeness (QED) is 0.757. The summed E-state index contributed by atoms with van der Waals surface area (Å²) in [4.78, 5) is 26.0. The van der Waals surface area contributed by atoms with Crippen molar-refractivity contribution in [1.29, 1.82) is 0 Å². The molecule has 0 amide bonds. The van der Waals surface area contributed by atoms with Crippen LogP contribution < -0.4 is 11.0 Å². The SMILES string of the molecule is CC(C)[C@H]1Cn2c(c(C(=O)O)cnc2=O)N1. The predicted octanol–water partition coefficient (Wildman–Crippen LogP) is 0.392. The number of anilines is 1. The first-order chi connectivity index (χ1) is 7.50. The maximum absolute atomic E-state index is 11.5. The van der Waals surface area contributed by atoms with Gasteiger partial charge < -0.3 is 10.4 Å². The molecule has 1 aliphatic heterocycles. The Kier molecular flexibility index (Phi) is 2.41. The molecule has 2 rings (SSSR count). The van der Waals surface area contributed by atoms with Crippen LogP contribution in [0.25, 0.3) is 0 Å². The second-order valence-electron chi connectivity index (χ2n) is 4.21. The normalized spacial score (nSPS) is 18.3. The lowest BCUT2D eigenvalue weighted by atomic mass is 10.1. The van der Waals surface area contributed by atoms with Crippen molar-refractivity contribution < 1.29 is 9.90 Å². The number of carboxylic acid groups (broad SMARTS) is 1. The fourth-order valence-corrected chi connectivity index (χ4v) is 1.77. The van der Waals surface area contributed by atoms with E-state index in [2.05, 4.69) is 10.3 Å². The minimum absolute atomic E-state index is 0.0442. The molecule has 0 saturated heterocycles. The van der Waals surface area contributed by atoms with Crippen molar-refractivity contribution in [2.75, 3.05) is 5.32 Å². The number of fused-ring (bicyclic) bond motifs is 1. The number of nitrogens with zero attached hydrogens (tertiary/aromatic N) is 2. The second kappa shape index (κ2) is 3.62. The smallest absolute Gasteiger partial charge is 0.349 e. The van der Waals surface area contributed by atoms with E-state index in [1.165, 1.54) is 4.57 Å². The number of rotatable bonds is 2. The Morgan fingerprint density at radius 2 is 2.38 bits per heavy atom. The van der Waals surface area contributed by atoms with Crippen LogP contribution >= 0.6 is 0 Å². The zero-order valence-corrected chi connectivity index (χ0v) is 9.10. The van der Waals surface area contributed by atoms with E-state index in [1.807, 2.05) is 13.8 Å². The summed E-state index contributed by atoms with van der Waals surface area (Å²) in [5.74, 6) is -0.389. The molecule has 1 aromatic heterocycles. The molecular formula is C10H13N3O3. The highest BCUT2D eigenvalue weighted by molar-refractivity contribution is 5.93. The number of aromatic nitrogens is 2. The Balaban J connectivity index is 2.50. The first kappa shape index (κ1) is 10.7. The van der Waals surface area contributed by atoms with E-state index >= 15 is 0 Å². The van der Waals surface area contributed by atoms with Crippen molar-refractivity contribution in [3.05, 3.63) is 22.2 Å². The molecule has 0 spiro atoms. The van der Waals surface area contributed by atoms with Crippen LogP contribution in [0.5, 0.6) is 0 Å². The number of hydrogen-bond acceptors (Lipinski definition) is 4. The average molecular weight is 223 g/mol. The van der Waals surface area contributed by atoms with Gasteiger partial charge in [0.15, 0.2) is 0 Å². The van der Waals surface area contributed by atoms with Crippen LogP contribution in [0.3, 0.4) is 0 Å². The van der Waals surface area contributed by atoms with Gasteiger partial charge in [-0.25, -0.2) is 14.6 Å². The molecule has 0 saturated carbocycles.